The minimum atomic E-state index is 0.642. The minimum Gasteiger partial charge on any atom is -0.399 e. The number of nitrogens with two attached hydrogens (primary N) is 1. The summed E-state index contributed by atoms with van der Waals surface area (Å²) in [6.45, 7) is 1.71. The van der Waals surface area contributed by atoms with Gasteiger partial charge in [-0.3, -0.25) is 0 Å². The fraction of sp³-hybridized carbons (Fsp3) is 0.200. The maximum atomic E-state index is 8.94. The summed E-state index contributed by atoms with van der Waals surface area (Å²) in [7, 11) is 0. The third kappa shape index (κ3) is 2.23. The van der Waals surface area contributed by atoms with Crippen LogP contribution in [0, 0.1) is 11.3 Å². The molecule has 1 aromatic carbocycles. The number of rotatable bonds is 1. The second kappa shape index (κ2) is 4.62. The molecule has 1 aromatic heterocycles. The molecule has 0 radical (unpaired) electrons. The Hall–Kier alpha value is -2.54. The first-order valence-electron chi connectivity index (χ1n) is 6.24. The summed E-state index contributed by atoms with van der Waals surface area (Å²) in [5.74, 6) is 0.854. The maximum absolute atomic E-state index is 8.94. The van der Waals surface area contributed by atoms with E-state index in [1.165, 1.54) is 11.1 Å². The molecule has 0 amide bonds. The first kappa shape index (κ1) is 11.5. The van der Waals surface area contributed by atoms with Crippen LogP contribution in [0.5, 0.6) is 0 Å². The van der Waals surface area contributed by atoms with Gasteiger partial charge in [0.15, 0.2) is 0 Å². The molecule has 19 heavy (non-hydrogen) atoms. The Labute approximate surface area is 112 Å². The summed E-state index contributed by atoms with van der Waals surface area (Å²) in [4.78, 5) is 6.53. The van der Waals surface area contributed by atoms with Crippen molar-refractivity contribution < 1.29 is 0 Å². The molecule has 0 unspecified atom stereocenters. The van der Waals surface area contributed by atoms with E-state index in [9.17, 15) is 0 Å². The summed E-state index contributed by atoms with van der Waals surface area (Å²) in [5, 5.41) is 8.94. The lowest BCUT2D eigenvalue weighted by molar-refractivity contribution is 0.721. The van der Waals surface area contributed by atoms with E-state index < -0.39 is 0 Å². The molecule has 0 saturated carbocycles. The summed E-state index contributed by atoms with van der Waals surface area (Å²) >= 11 is 0. The van der Waals surface area contributed by atoms with Gasteiger partial charge in [-0.25, -0.2) is 4.98 Å². The van der Waals surface area contributed by atoms with Crippen LogP contribution in [0.15, 0.2) is 36.5 Å². The topological polar surface area (TPSA) is 65.9 Å². The van der Waals surface area contributed by atoms with E-state index in [0.717, 1.165) is 31.0 Å². The highest BCUT2D eigenvalue weighted by atomic mass is 15.2. The molecule has 1 aliphatic rings. The first-order valence-corrected chi connectivity index (χ1v) is 6.24. The summed E-state index contributed by atoms with van der Waals surface area (Å²) in [5.41, 5.74) is 9.86. The highest BCUT2D eigenvalue weighted by molar-refractivity contribution is 5.51. The van der Waals surface area contributed by atoms with Crippen molar-refractivity contribution in [3.05, 3.63) is 53.2 Å². The average Bonchev–Trinajstić information content (AvgIpc) is 2.46. The molecule has 94 valence electrons. The number of nitriles is 1. The first-order chi connectivity index (χ1) is 9.26. The largest absolute Gasteiger partial charge is 0.399 e. The van der Waals surface area contributed by atoms with E-state index in [2.05, 4.69) is 22.0 Å². The van der Waals surface area contributed by atoms with E-state index in [1.54, 1.807) is 12.3 Å². The molecule has 2 N–H and O–H groups in total. The normalized spacial score (nSPS) is 13.7. The van der Waals surface area contributed by atoms with Crippen LogP contribution in [-0.4, -0.2) is 11.5 Å². The number of pyridine rings is 1. The van der Waals surface area contributed by atoms with Crippen LogP contribution in [0.3, 0.4) is 0 Å². The molecule has 1 aliphatic heterocycles. The second-order valence-electron chi connectivity index (χ2n) is 4.71. The molecule has 0 atom stereocenters. The van der Waals surface area contributed by atoms with E-state index in [0.29, 0.717) is 5.56 Å². The Morgan fingerprint density at radius 1 is 1.21 bits per heavy atom. The quantitative estimate of drug-likeness (QED) is 0.787. The highest BCUT2D eigenvalue weighted by Crippen LogP contribution is 2.24. The Morgan fingerprint density at radius 2 is 2.11 bits per heavy atom. The molecule has 4 nitrogen and oxygen atoms in total. The molecule has 0 saturated heterocycles. The Kier molecular flexibility index (Phi) is 2.81. The number of benzene rings is 1. The Morgan fingerprint density at radius 3 is 2.95 bits per heavy atom. The van der Waals surface area contributed by atoms with E-state index >= 15 is 0 Å². The van der Waals surface area contributed by atoms with Crippen LogP contribution in [-0.2, 0) is 13.0 Å². The lowest BCUT2D eigenvalue weighted by atomic mass is 9.99. The van der Waals surface area contributed by atoms with Gasteiger partial charge in [0.25, 0.3) is 0 Å². The molecule has 0 aliphatic carbocycles. The van der Waals surface area contributed by atoms with E-state index in [-0.39, 0.29) is 0 Å². The molecule has 0 spiro atoms. The highest BCUT2D eigenvalue weighted by Gasteiger charge is 2.17. The monoisotopic (exact) mass is 250 g/mol. The Balaban J connectivity index is 1.91. The molecule has 4 heteroatoms. The van der Waals surface area contributed by atoms with Gasteiger partial charge in [-0.1, -0.05) is 6.07 Å². The van der Waals surface area contributed by atoms with Crippen LogP contribution < -0.4 is 10.6 Å². The number of nitrogens with zero attached hydrogens (tertiary/aromatic N) is 3. The lowest BCUT2D eigenvalue weighted by Gasteiger charge is -2.30. The predicted octanol–water partition coefficient (Wildman–Crippen LogP) is 2.10. The van der Waals surface area contributed by atoms with Gasteiger partial charge < -0.3 is 10.6 Å². The van der Waals surface area contributed by atoms with Crippen molar-refractivity contribution in [3.8, 4) is 6.07 Å². The zero-order chi connectivity index (χ0) is 13.2. The van der Waals surface area contributed by atoms with Gasteiger partial charge in [-0.2, -0.15) is 5.26 Å². The molecule has 2 heterocycles. The van der Waals surface area contributed by atoms with Gasteiger partial charge in [0, 0.05) is 25.0 Å². The maximum Gasteiger partial charge on any atom is 0.130 e. The van der Waals surface area contributed by atoms with Crippen molar-refractivity contribution in [2.24, 2.45) is 0 Å². The lowest BCUT2D eigenvalue weighted by Crippen LogP contribution is -2.31. The standard InChI is InChI=1S/C15H14N4/c16-9-11-3-5-18-15(7-11)19-6-4-12-1-2-14(17)8-13(12)10-19/h1-3,5,7-8H,4,6,10,17H2. The van der Waals surface area contributed by atoms with Crippen LogP contribution in [0.2, 0.25) is 0 Å². The van der Waals surface area contributed by atoms with Gasteiger partial charge in [-0.05, 0) is 41.8 Å². The summed E-state index contributed by atoms with van der Waals surface area (Å²) in [6.07, 6.45) is 2.66. The molecular weight excluding hydrogens is 236 g/mol. The average molecular weight is 250 g/mol. The molecule has 2 aromatic rings. The number of fused-ring (bicyclic) bond motifs is 1. The zero-order valence-corrected chi connectivity index (χ0v) is 10.5. The number of anilines is 2. The zero-order valence-electron chi connectivity index (χ0n) is 10.5. The second-order valence-corrected chi connectivity index (χ2v) is 4.71. The fourth-order valence-corrected chi connectivity index (χ4v) is 2.43. The minimum absolute atomic E-state index is 0.642. The van der Waals surface area contributed by atoms with Gasteiger partial charge in [-0.15, -0.1) is 0 Å². The third-order valence-corrected chi connectivity index (χ3v) is 3.44. The van der Waals surface area contributed by atoms with Crippen molar-refractivity contribution >= 4 is 11.5 Å². The van der Waals surface area contributed by atoms with Crippen molar-refractivity contribution in [1.29, 1.82) is 5.26 Å². The van der Waals surface area contributed by atoms with Crippen molar-refractivity contribution in [3.63, 3.8) is 0 Å². The van der Waals surface area contributed by atoms with Crippen LogP contribution in [0.4, 0.5) is 11.5 Å². The third-order valence-electron chi connectivity index (χ3n) is 3.44. The molecular formula is C15H14N4. The Bertz CT molecular complexity index is 657. The van der Waals surface area contributed by atoms with Crippen molar-refractivity contribution in [1.82, 2.24) is 4.98 Å². The van der Waals surface area contributed by atoms with E-state index in [4.69, 9.17) is 11.0 Å². The smallest absolute Gasteiger partial charge is 0.130 e. The van der Waals surface area contributed by atoms with Gasteiger partial charge in [0.1, 0.15) is 5.82 Å². The fourth-order valence-electron chi connectivity index (χ4n) is 2.43. The summed E-state index contributed by atoms with van der Waals surface area (Å²) < 4.78 is 0. The number of aromatic nitrogens is 1. The van der Waals surface area contributed by atoms with Crippen molar-refractivity contribution in [2.75, 3.05) is 17.2 Å². The van der Waals surface area contributed by atoms with Crippen LogP contribution >= 0.6 is 0 Å². The number of hydrogen-bond donors (Lipinski definition) is 1. The summed E-state index contributed by atoms with van der Waals surface area (Å²) in [6, 6.07) is 11.8. The van der Waals surface area contributed by atoms with Crippen LogP contribution in [0.25, 0.3) is 0 Å². The number of nitrogen functional groups attached to an aromatic ring is 1. The predicted molar refractivity (Wildman–Crippen MR) is 74.6 cm³/mol. The van der Waals surface area contributed by atoms with Gasteiger partial charge in [0.05, 0.1) is 11.6 Å². The van der Waals surface area contributed by atoms with Crippen LogP contribution in [0.1, 0.15) is 16.7 Å². The SMILES string of the molecule is N#Cc1ccnc(N2CCc3ccc(N)cc3C2)c1. The van der Waals surface area contributed by atoms with Gasteiger partial charge >= 0.3 is 0 Å². The van der Waals surface area contributed by atoms with E-state index in [1.807, 2.05) is 18.2 Å². The molecule has 0 fully saturated rings. The molecule has 0 bridgehead atoms. The molecule has 3 rings (SSSR count). The number of hydrogen-bond acceptors (Lipinski definition) is 4. The van der Waals surface area contributed by atoms with Gasteiger partial charge in [0.2, 0.25) is 0 Å². The van der Waals surface area contributed by atoms with Crippen molar-refractivity contribution in [2.45, 2.75) is 13.0 Å².